The third-order valence-electron chi connectivity index (χ3n) is 1.82. The smallest absolute Gasteiger partial charge is 0.122 e. The minimum Gasteiger partial charge on any atom is -0.493 e. The van der Waals surface area contributed by atoms with E-state index in [1.54, 1.807) is 0 Å². The molecule has 0 spiro atoms. The molecule has 4 nitrogen and oxygen atoms in total. The van der Waals surface area contributed by atoms with Crippen molar-refractivity contribution in [1.82, 2.24) is 0 Å². The summed E-state index contributed by atoms with van der Waals surface area (Å²) in [6.07, 6.45) is 2.34. The summed E-state index contributed by atoms with van der Waals surface area (Å²) in [6, 6.07) is 8.25. The fourth-order valence-electron chi connectivity index (χ4n) is 1.30. The minimum atomic E-state index is -3.69. The van der Waals surface area contributed by atoms with Crippen molar-refractivity contribution in [2.75, 3.05) is 6.61 Å². The molecule has 7 heteroatoms. The molecule has 0 atom stereocenters. The molecule has 0 fully saturated rings. The van der Waals surface area contributed by atoms with Crippen LogP contribution in [0.1, 0.15) is 12.0 Å². The summed E-state index contributed by atoms with van der Waals surface area (Å²) in [6.45, 7) is 0.886. The largest absolute Gasteiger partial charge is 0.493 e. The Kier molecular flexibility index (Phi) is 13.7. The fourth-order valence-corrected chi connectivity index (χ4v) is 1.30. The molecule has 1 aromatic carbocycles. The van der Waals surface area contributed by atoms with Crippen molar-refractivity contribution in [3.05, 3.63) is 29.8 Å². The van der Waals surface area contributed by atoms with Crippen molar-refractivity contribution in [3.8, 4) is 5.75 Å². The van der Waals surface area contributed by atoms with Crippen molar-refractivity contribution in [2.24, 2.45) is 0 Å². The predicted molar refractivity (Wildman–Crippen MR) is 58.1 cm³/mol. The van der Waals surface area contributed by atoms with Gasteiger partial charge in [0.15, 0.2) is 0 Å². The summed E-state index contributed by atoms with van der Waals surface area (Å²) in [5.74, 6) is 1.08. The molecule has 0 aromatic heterocycles. The molecule has 0 saturated carbocycles. The van der Waals surface area contributed by atoms with Crippen LogP contribution in [0.15, 0.2) is 24.3 Å². The minimum absolute atomic E-state index is 0. The molecule has 1 heterocycles. The Balaban J connectivity index is 0. The van der Waals surface area contributed by atoms with Gasteiger partial charge in [0.25, 0.3) is 0 Å². The van der Waals surface area contributed by atoms with Crippen LogP contribution < -0.4 is 4.74 Å². The van der Waals surface area contributed by atoms with Gasteiger partial charge in [0.05, 0.1) is 6.61 Å². The normalized spacial score (nSPS) is 11.3. The van der Waals surface area contributed by atoms with E-state index in [2.05, 4.69) is 12.1 Å². The van der Waals surface area contributed by atoms with E-state index in [0.29, 0.717) is 0 Å². The summed E-state index contributed by atoms with van der Waals surface area (Å²) >= 11 is -3.69. The first-order valence-corrected chi connectivity index (χ1v) is 6.00. The maximum atomic E-state index is 8.67. The summed E-state index contributed by atoms with van der Waals surface area (Å²) < 4.78 is 29.9. The predicted octanol–water partition coefficient (Wildman–Crippen LogP) is -0.0825. The van der Waals surface area contributed by atoms with Crippen LogP contribution in [0.25, 0.3) is 0 Å². The molecule has 0 bridgehead atoms. The molecule has 0 unspecified atom stereocenters. The van der Waals surface area contributed by atoms with Crippen LogP contribution in [-0.4, -0.2) is 69.8 Å². The second kappa shape index (κ2) is 11.3. The Labute approximate surface area is 144 Å². The van der Waals surface area contributed by atoms with Crippen molar-refractivity contribution in [3.63, 3.8) is 0 Å². The van der Waals surface area contributed by atoms with E-state index in [-0.39, 0.29) is 59.1 Å². The molecule has 0 aliphatic carbocycles. The van der Waals surface area contributed by atoms with E-state index in [0.717, 1.165) is 18.8 Å². The molecule has 1 aliphatic heterocycles. The topological polar surface area (TPSA) is 63.6 Å². The van der Waals surface area contributed by atoms with Crippen LogP contribution >= 0.6 is 0 Å². The Bertz CT molecular complexity index is 335. The number of para-hydroxylation sites is 1. The van der Waals surface area contributed by atoms with Gasteiger partial charge in [-0.2, -0.15) is 0 Å². The van der Waals surface area contributed by atoms with Gasteiger partial charge in [0, 0.05) is 0 Å². The van der Waals surface area contributed by atoms with E-state index >= 15 is 0 Å². The number of aryl methyl sites for hydroxylation is 1. The number of rotatable bonds is 0. The quantitative estimate of drug-likeness (QED) is 0.676. The van der Waals surface area contributed by atoms with Crippen LogP contribution in [0.5, 0.6) is 5.75 Å². The molecule has 1 aromatic rings. The van der Waals surface area contributed by atoms with Gasteiger partial charge in [0.2, 0.25) is 0 Å². The summed E-state index contributed by atoms with van der Waals surface area (Å²) in [5, 5.41) is 0. The zero-order chi connectivity index (χ0) is 10.4. The number of benzene rings is 1. The SMILES string of the molecule is [NaH].[NaH].[O]=[V](=[O])[OH].c1ccc2c(c1)CCCO2. The number of hydrogen-bond donors (Lipinski definition) is 1. The average Bonchev–Trinajstić information content (AvgIpc) is 2.17. The van der Waals surface area contributed by atoms with E-state index in [1.807, 2.05) is 12.1 Å². The third-order valence-corrected chi connectivity index (χ3v) is 1.82. The Morgan fingerprint density at radius 2 is 1.75 bits per heavy atom. The fraction of sp³-hybridized carbons (Fsp3) is 0.333. The zero-order valence-corrected chi connectivity index (χ0v) is 8.95. The standard InChI is InChI=1S/C9H10O.2Na.H2O.2O.V.2H/c1-2-6-9-8(4-1)5-3-7-10-9;;;;;;;;/h1-2,4,6H,3,5,7H2;;;1H2;;;;;/q;;;;;;+1;;/p-1. The summed E-state index contributed by atoms with van der Waals surface area (Å²) in [5.41, 5.74) is 1.36. The molecule has 16 heavy (non-hydrogen) atoms. The summed E-state index contributed by atoms with van der Waals surface area (Å²) in [7, 11) is 0. The van der Waals surface area contributed by atoms with Gasteiger partial charge in [-0.05, 0) is 24.5 Å². The second-order valence-electron chi connectivity index (χ2n) is 2.80. The van der Waals surface area contributed by atoms with Crippen molar-refractivity contribution < 1.29 is 31.5 Å². The number of ether oxygens (including phenoxy) is 1. The number of fused-ring (bicyclic) bond motifs is 1. The van der Waals surface area contributed by atoms with Crippen LogP contribution in [0.2, 0.25) is 0 Å². The molecular formula is C9H13Na2O4V. The van der Waals surface area contributed by atoms with Gasteiger partial charge >= 0.3 is 85.9 Å². The molecule has 80 valence electrons. The van der Waals surface area contributed by atoms with Gasteiger partial charge in [-0.15, -0.1) is 0 Å². The maximum Gasteiger partial charge on any atom is 0.122 e. The van der Waals surface area contributed by atoms with Crippen molar-refractivity contribution in [1.29, 1.82) is 0 Å². The molecule has 0 amide bonds. The Hall–Kier alpha value is 1.16. The van der Waals surface area contributed by atoms with Gasteiger partial charge in [-0.1, -0.05) is 18.2 Å². The van der Waals surface area contributed by atoms with Gasteiger partial charge in [-0.3, -0.25) is 0 Å². The van der Waals surface area contributed by atoms with E-state index in [4.69, 9.17) is 16.1 Å². The summed E-state index contributed by atoms with van der Waals surface area (Å²) in [4.78, 5) is 0. The molecular weight excluding hydrogens is 269 g/mol. The average molecular weight is 282 g/mol. The Morgan fingerprint density at radius 3 is 2.31 bits per heavy atom. The maximum absolute atomic E-state index is 8.67. The van der Waals surface area contributed by atoms with E-state index < -0.39 is 15.4 Å². The van der Waals surface area contributed by atoms with Crippen LogP contribution in [-0.2, 0) is 29.2 Å². The van der Waals surface area contributed by atoms with Crippen molar-refractivity contribution in [2.45, 2.75) is 12.8 Å². The molecule has 0 saturated heterocycles. The Morgan fingerprint density at radius 1 is 1.19 bits per heavy atom. The molecule has 2 rings (SSSR count). The zero-order valence-electron chi connectivity index (χ0n) is 7.55. The van der Waals surface area contributed by atoms with Crippen LogP contribution in [0.4, 0.5) is 0 Å². The van der Waals surface area contributed by atoms with E-state index in [1.165, 1.54) is 12.0 Å². The van der Waals surface area contributed by atoms with Crippen LogP contribution in [0.3, 0.4) is 0 Å². The first kappa shape index (κ1) is 19.5. The van der Waals surface area contributed by atoms with Crippen LogP contribution in [0, 0.1) is 0 Å². The van der Waals surface area contributed by atoms with Gasteiger partial charge in [-0.25, -0.2) is 0 Å². The van der Waals surface area contributed by atoms with Crippen molar-refractivity contribution >= 4 is 59.1 Å². The molecule has 1 N–H and O–H groups in total. The second-order valence-corrected chi connectivity index (χ2v) is 3.54. The molecule has 0 radical (unpaired) electrons. The third kappa shape index (κ3) is 8.28. The molecule has 1 aliphatic rings. The van der Waals surface area contributed by atoms with E-state index in [9.17, 15) is 0 Å². The first-order chi connectivity index (χ1) is 6.70. The first-order valence-electron chi connectivity index (χ1n) is 4.24. The van der Waals surface area contributed by atoms with Gasteiger partial charge in [0.1, 0.15) is 5.75 Å². The number of hydrogen-bond acceptors (Lipinski definition) is 3. The van der Waals surface area contributed by atoms with Gasteiger partial charge < -0.3 is 4.74 Å². The monoisotopic (exact) mass is 282 g/mol.